The summed E-state index contributed by atoms with van der Waals surface area (Å²) in [6, 6.07) is 0. The molecule has 0 amide bonds. The van der Waals surface area contributed by atoms with Gasteiger partial charge in [-0.05, 0) is 0 Å². The standard InChI is InChI=1S/C8H10N2O2S/c1-8(11-2-3-12-8)7-10-5-6(4-9)13-7/h2-3,5H,4,9H2,1H3. The summed E-state index contributed by atoms with van der Waals surface area (Å²) in [4.78, 5) is 5.21. The van der Waals surface area contributed by atoms with Crippen molar-refractivity contribution < 1.29 is 9.47 Å². The van der Waals surface area contributed by atoms with Gasteiger partial charge in [0.2, 0.25) is 0 Å². The van der Waals surface area contributed by atoms with E-state index < -0.39 is 5.79 Å². The summed E-state index contributed by atoms with van der Waals surface area (Å²) < 4.78 is 10.6. The number of nitrogens with two attached hydrogens (primary N) is 1. The summed E-state index contributed by atoms with van der Waals surface area (Å²) in [5.41, 5.74) is 5.48. The van der Waals surface area contributed by atoms with Crippen molar-refractivity contribution in [1.82, 2.24) is 4.98 Å². The first-order valence-electron chi connectivity index (χ1n) is 3.90. The van der Waals surface area contributed by atoms with Crippen LogP contribution in [0.5, 0.6) is 0 Å². The molecule has 0 fully saturated rings. The highest BCUT2D eigenvalue weighted by atomic mass is 32.1. The third-order valence-corrected chi connectivity index (χ3v) is 2.99. The van der Waals surface area contributed by atoms with E-state index in [9.17, 15) is 0 Å². The highest BCUT2D eigenvalue weighted by Gasteiger charge is 2.35. The lowest BCUT2D eigenvalue weighted by molar-refractivity contribution is -0.133. The zero-order valence-electron chi connectivity index (χ0n) is 7.19. The summed E-state index contributed by atoms with van der Waals surface area (Å²) in [6.07, 6.45) is 4.78. The van der Waals surface area contributed by atoms with E-state index in [1.165, 1.54) is 23.9 Å². The van der Waals surface area contributed by atoms with Crippen molar-refractivity contribution in [3.05, 3.63) is 28.6 Å². The normalized spacial score (nSPS) is 18.3. The molecule has 13 heavy (non-hydrogen) atoms. The van der Waals surface area contributed by atoms with Gasteiger partial charge in [0.1, 0.15) is 12.5 Å². The molecule has 0 saturated heterocycles. The Morgan fingerprint density at radius 3 is 2.77 bits per heavy atom. The minimum Gasteiger partial charge on any atom is -0.451 e. The predicted molar refractivity (Wildman–Crippen MR) is 48.7 cm³/mol. The second kappa shape index (κ2) is 3.01. The molecule has 0 radical (unpaired) electrons. The number of nitrogens with zero attached hydrogens (tertiary/aromatic N) is 1. The quantitative estimate of drug-likeness (QED) is 0.778. The molecule has 0 aliphatic carbocycles. The molecule has 0 spiro atoms. The van der Waals surface area contributed by atoms with Gasteiger partial charge >= 0.3 is 5.79 Å². The first-order valence-corrected chi connectivity index (χ1v) is 4.72. The van der Waals surface area contributed by atoms with Crippen molar-refractivity contribution in [3.63, 3.8) is 0 Å². The zero-order valence-corrected chi connectivity index (χ0v) is 8.00. The van der Waals surface area contributed by atoms with Crippen LogP contribution in [-0.4, -0.2) is 4.98 Å². The molecule has 1 aliphatic rings. The van der Waals surface area contributed by atoms with Gasteiger partial charge in [-0.25, -0.2) is 4.98 Å². The Morgan fingerprint density at radius 1 is 1.54 bits per heavy atom. The maximum absolute atomic E-state index is 5.48. The molecule has 2 heterocycles. The fourth-order valence-corrected chi connectivity index (χ4v) is 1.88. The smallest absolute Gasteiger partial charge is 0.300 e. The molecule has 0 unspecified atom stereocenters. The highest BCUT2D eigenvalue weighted by molar-refractivity contribution is 7.11. The van der Waals surface area contributed by atoms with Crippen LogP contribution in [0.3, 0.4) is 0 Å². The molecular weight excluding hydrogens is 188 g/mol. The van der Waals surface area contributed by atoms with E-state index in [0.29, 0.717) is 6.54 Å². The molecule has 2 N–H and O–H groups in total. The molecule has 0 saturated carbocycles. The minimum absolute atomic E-state index is 0.501. The van der Waals surface area contributed by atoms with Gasteiger partial charge in [-0.15, -0.1) is 11.3 Å². The summed E-state index contributed by atoms with van der Waals surface area (Å²) >= 11 is 1.50. The number of hydrogen-bond acceptors (Lipinski definition) is 5. The minimum atomic E-state index is -0.752. The van der Waals surface area contributed by atoms with Crippen LogP contribution >= 0.6 is 11.3 Å². The van der Waals surface area contributed by atoms with Gasteiger partial charge in [0.25, 0.3) is 0 Å². The lowest BCUT2D eigenvalue weighted by atomic mass is 10.3. The monoisotopic (exact) mass is 198 g/mol. The van der Waals surface area contributed by atoms with E-state index in [0.717, 1.165) is 9.88 Å². The van der Waals surface area contributed by atoms with E-state index in [-0.39, 0.29) is 0 Å². The molecule has 0 aromatic carbocycles. The molecule has 0 bridgehead atoms. The fourth-order valence-electron chi connectivity index (χ4n) is 1.06. The molecule has 1 aromatic rings. The molecule has 5 heteroatoms. The predicted octanol–water partition coefficient (Wildman–Crippen LogP) is 1.29. The topological polar surface area (TPSA) is 57.4 Å². The maximum Gasteiger partial charge on any atom is 0.300 e. The van der Waals surface area contributed by atoms with Crippen molar-refractivity contribution in [2.45, 2.75) is 19.3 Å². The number of hydrogen-bond donors (Lipinski definition) is 1. The van der Waals surface area contributed by atoms with Gasteiger partial charge in [0.15, 0.2) is 5.01 Å². The van der Waals surface area contributed by atoms with E-state index in [2.05, 4.69) is 4.98 Å². The average Bonchev–Trinajstić information content (AvgIpc) is 2.72. The Kier molecular flexibility index (Phi) is 1.97. The highest BCUT2D eigenvalue weighted by Crippen LogP contribution is 2.33. The van der Waals surface area contributed by atoms with Gasteiger partial charge in [-0.2, -0.15) is 0 Å². The van der Waals surface area contributed by atoms with E-state index in [1.54, 1.807) is 6.20 Å². The van der Waals surface area contributed by atoms with Gasteiger partial charge in [-0.1, -0.05) is 0 Å². The van der Waals surface area contributed by atoms with Gasteiger partial charge < -0.3 is 15.2 Å². The van der Waals surface area contributed by atoms with Crippen LogP contribution in [0, 0.1) is 0 Å². The summed E-state index contributed by atoms with van der Waals surface area (Å²) in [6.45, 7) is 2.33. The van der Waals surface area contributed by atoms with Crippen LogP contribution in [0.1, 0.15) is 16.8 Å². The average molecular weight is 198 g/mol. The number of thiazole rings is 1. The summed E-state index contributed by atoms with van der Waals surface area (Å²) in [5, 5.41) is 0.790. The Hall–Kier alpha value is -1.07. The Morgan fingerprint density at radius 2 is 2.23 bits per heavy atom. The van der Waals surface area contributed by atoms with E-state index in [1.807, 2.05) is 6.92 Å². The van der Waals surface area contributed by atoms with Crippen molar-refractivity contribution in [3.8, 4) is 0 Å². The second-order valence-corrected chi connectivity index (χ2v) is 3.90. The summed E-state index contributed by atoms with van der Waals surface area (Å²) in [7, 11) is 0. The molecule has 4 nitrogen and oxygen atoms in total. The Bertz CT molecular complexity index is 327. The molecular formula is C8H10N2O2S. The van der Waals surface area contributed by atoms with Crippen molar-refractivity contribution >= 4 is 11.3 Å². The van der Waals surface area contributed by atoms with Crippen LogP contribution in [-0.2, 0) is 21.8 Å². The van der Waals surface area contributed by atoms with Crippen LogP contribution in [0.15, 0.2) is 18.7 Å². The third kappa shape index (κ3) is 1.40. The largest absolute Gasteiger partial charge is 0.451 e. The van der Waals surface area contributed by atoms with Crippen LogP contribution in [0.25, 0.3) is 0 Å². The van der Waals surface area contributed by atoms with E-state index >= 15 is 0 Å². The first kappa shape index (κ1) is 8.52. The van der Waals surface area contributed by atoms with Crippen molar-refractivity contribution in [2.24, 2.45) is 5.73 Å². The molecule has 70 valence electrons. The molecule has 2 rings (SSSR count). The maximum atomic E-state index is 5.48. The van der Waals surface area contributed by atoms with Gasteiger partial charge in [0, 0.05) is 24.5 Å². The van der Waals surface area contributed by atoms with Crippen LogP contribution in [0.4, 0.5) is 0 Å². The van der Waals surface area contributed by atoms with Gasteiger partial charge in [0.05, 0.1) is 0 Å². The van der Waals surface area contributed by atoms with Crippen molar-refractivity contribution in [2.75, 3.05) is 0 Å². The van der Waals surface area contributed by atoms with E-state index in [4.69, 9.17) is 15.2 Å². The van der Waals surface area contributed by atoms with Gasteiger partial charge in [-0.3, -0.25) is 0 Å². The van der Waals surface area contributed by atoms with Crippen LogP contribution in [0.2, 0.25) is 0 Å². The lowest BCUT2D eigenvalue weighted by Gasteiger charge is -2.19. The molecule has 1 aliphatic heterocycles. The number of ether oxygens (including phenoxy) is 2. The zero-order chi connectivity index (χ0) is 9.31. The second-order valence-electron chi connectivity index (χ2n) is 2.79. The first-order chi connectivity index (χ1) is 6.24. The Labute approximate surface area is 80.0 Å². The number of rotatable bonds is 2. The summed E-state index contributed by atoms with van der Waals surface area (Å²) in [5.74, 6) is -0.752. The third-order valence-electron chi connectivity index (χ3n) is 1.78. The van der Waals surface area contributed by atoms with Crippen LogP contribution < -0.4 is 5.73 Å². The SMILES string of the molecule is CC1(c2ncc(CN)s2)OC=CO1. The number of aromatic nitrogens is 1. The lowest BCUT2D eigenvalue weighted by Crippen LogP contribution is -2.21. The molecule has 1 aromatic heterocycles. The Balaban J connectivity index is 2.24. The van der Waals surface area contributed by atoms with Crippen molar-refractivity contribution in [1.29, 1.82) is 0 Å². The molecule has 0 atom stereocenters. The fraction of sp³-hybridized carbons (Fsp3) is 0.375.